The fourth-order valence-electron chi connectivity index (χ4n) is 3.33. The van der Waals surface area contributed by atoms with Gasteiger partial charge in [0.15, 0.2) is 5.65 Å². The minimum atomic E-state index is 0.488. The van der Waals surface area contributed by atoms with Crippen LogP contribution in [0.2, 0.25) is 5.02 Å². The zero-order valence-electron chi connectivity index (χ0n) is 14.4. The van der Waals surface area contributed by atoms with Crippen LogP contribution in [0.3, 0.4) is 0 Å². The number of hydrogen-bond donors (Lipinski definition) is 2. The molecule has 5 aromatic rings. The van der Waals surface area contributed by atoms with E-state index in [1.807, 2.05) is 55.5 Å². The van der Waals surface area contributed by atoms with E-state index in [4.69, 9.17) is 17.3 Å². The van der Waals surface area contributed by atoms with Crippen molar-refractivity contribution in [2.24, 2.45) is 0 Å². The van der Waals surface area contributed by atoms with Crippen molar-refractivity contribution in [1.82, 2.24) is 24.6 Å². The lowest BCUT2D eigenvalue weighted by Gasteiger charge is -2.05. The van der Waals surface area contributed by atoms with E-state index < -0.39 is 0 Å². The highest BCUT2D eigenvalue weighted by Gasteiger charge is 2.18. The van der Waals surface area contributed by atoms with E-state index in [1.165, 1.54) is 0 Å². The number of fused-ring (bicyclic) bond motifs is 2. The van der Waals surface area contributed by atoms with Crippen LogP contribution in [0.15, 0.2) is 54.7 Å². The first-order valence-corrected chi connectivity index (χ1v) is 8.84. The van der Waals surface area contributed by atoms with Gasteiger partial charge in [0.1, 0.15) is 11.6 Å². The summed E-state index contributed by atoms with van der Waals surface area (Å²) in [6.07, 6.45) is 1.74. The molecular weight excluding hydrogens is 360 g/mol. The molecule has 3 heterocycles. The summed E-state index contributed by atoms with van der Waals surface area (Å²) in [7, 11) is 0. The van der Waals surface area contributed by atoms with Gasteiger partial charge in [-0.05, 0) is 36.8 Å². The van der Waals surface area contributed by atoms with Gasteiger partial charge in [0.2, 0.25) is 0 Å². The van der Waals surface area contributed by atoms with Gasteiger partial charge in [-0.25, -0.2) is 9.97 Å². The number of rotatable bonds is 2. The molecule has 0 bridgehead atoms. The Bertz CT molecular complexity index is 1270. The van der Waals surface area contributed by atoms with Gasteiger partial charge in [0.25, 0.3) is 0 Å². The molecule has 0 aliphatic carbocycles. The highest BCUT2D eigenvalue weighted by molar-refractivity contribution is 6.30. The number of nitrogen functional groups attached to an aromatic ring is 1. The average Bonchev–Trinajstić information content (AvgIpc) is 3.24. The van der Waals surface area contributed by atoms with Gasteiger partial charge in [0.05, 0.1) is 22.3 Å². The molecule has 0 aliphatic rings. The van der Waals surface area contributed by atoms with Crippen molar-refractivity contribution in [3.8, 4) is 22.5 Å². The molecule has 3 N–H and O–H groups in total. The maximum Gasteiger partial charge on any atom is 0.165 e. The lowest BCUT2D eigenvalue weighted by molar-refractivity contribution is 0.929. The molecule has 0 unspecified atom stereocenters. The molecule has 0 fully saturated rings. The SMILES string of the molecule is Cc1nn2c(N)c(-c3nc4ccccc4[nH]3)cnc2c1-c1ccc(Cl)cc1. The third-order valence-corrected chi connectivity index (χ3v) is 4.89. The molecule has 6 nitrogen and oxygen atoms in total. The van der Waals surface area contributed by atoms with Crippen LogP contribution in [0.5, 0.6) is 0 Å². The van der Waals surface area contributed by atoms with Crippen LogP contribution in [-0.2, 0) is 0 Å². The smallest absolute Gasteiger partial charge is 0.165 e. The highest BCUT2D eigenvalue weighted by Crippen LogP contribution is 2.32. The summed E-state index contributed by atoms with van der Waals surface area (Å²) >= 11 is 6.01. The zero-order chi connectivity index (χ0) is 18.5. The predicted molar refractivity (Wildman–Crippen MR) is 108 cm³/mol. The predicted octanol–water partition coefficient (Wildman–Crippen LogP) is 4.48. The van der Waals surface area contributed by atoms with E-state index in [1.54, 1.807) is 10.7 Å². The van der Waals surface area contributed by atoms with Gasteiger partial charge in [-0.2, -0.15) is 9.61 Å². The Hall–Kier alpha value is -3.38. The van der Waals surface area contributed by atoms with E-state index in [0.717, 1.165) is 27.9 Å². The van der Waals surface area contributed by atoms with Crippen LogP contribution in [0, 0.1) is 6.92 Å². The third kappa shape index (κ3) is 2.45. The van der Waals surface area contributed by atoms with E-state index in [2.05, 4.69) is 20.1 Å². The van der Waals surface area contributed by atoms with Gasteiger partial charge in [-0.1, -0.05) is 35.9 Å². The van der Waals surface area contributed by atoms with Crippen LogP contribution < -0.4 is 5.73 Å². The van der Waals surface area contributed by atoms with E-state index >= 15 is 0 Å². The highest BCUT2D eigenvalue weighted by atomic mass is 35.5. The monoisotopic (exact) mass is 374 g/mol. The number of benzene rings is 2. The first-order valence-electron chi connectivity index (χ1n) is 8.46. The van der Waals surface area contributed by atoms with Gasteiger partial charge in [-0.15, -0.1) is 0 Å². The first-order chi connectivity index (χ1) is 13.1. The second-order valence-corrected chi connectivity index (χ2v) is 6.80. The summed E-state index contributed by atoms with van der Waals surface area (Å²) in [4.78, 5) is 12.5. The molecule has 27 heavy (non-hydrogen) atoms. The molecule has 0 atom stereocenters. The fraction of sp³-hybridized carbons (Fsp3) is 0.0500. The minimum absolute atomic E-state index is 0.488. The molecule has 0 saturated heterocycles. The van der Waals surface area contributed by atoms with Crippen LogP contribution >= 0.6 is 11.6 Å². The number of anilines is 1. The normalized spacial score (nSPS) is 11.5. The van der Waals surface area contributed by atoms with Gasteiger partial charge < -0.3 is 10.7 Å². The van der Waals surface area contributed by atoms with Crippen LogP contribution in [-0.4, -0.2) is 24.6 Å². The Morgan fingerprint density at radius 3 is 2.63 bits per heavy atom. The first kappa shape index (κ1) is 15.8. The summed E-state index contributed by atoms with van der Waals surface area (Å²) in [6, 6.07) is 15.5. The number of para-hydroxylation sites is 2. The number of imidazole rings is 1. The second-order valence-electron chi connectivity index (χ2n) is 6.36. The summed E-state index contributed by atoms with van der Waals surface area (Å²) in [6.45, 7) is 1.94. The number of aryl methyl sites for hydroxylation is 1. The topological polar surface area (TPSA) is 84.9 Å². The Kier molecular flexibility index (Phi) is 3.42. The molecule has 3 aromatic heterocycles. The van der Waals surface area contributed by atoms with Crippen LogP contribution in [0.25, 0.3) is 39.2 Å². The molecule has 5 rings (SSSR count). The van der Waals surface area contributed by atoms with Crippen molar-refractivity contribution in [3.63, 3.8) is 0 Å². The number of H-pyrrole nitrogens is 1. The summed E-state index contributed by atoms with van der Waals surface area (Å²) in [5.74, 6) is 1.16. The van der Waals surface area contributed by atoms with Crippen molar-refractivity contribution in [2.45, 2.75) is 6.92 Å². The number of nitrogens with one attached hydrogen (secondary N) is 1. The number of nitrogens with two attached hydrogens (primary N) is 1. The largest absolute Gasteiger partial charge is 0.383 e. The van der Waals surface area contributed by atoms with Gasteiger partial charge >= 0.3 is 0 Å². The maximum atomic E-state index is 6.44. The van der Waals surface area contributed by atoms with Gasteiger partial charge in [0, 0.05) is 16.8 Å². The Morgan fingerprint density at radius 2 is 1.85 bits per heavy atom. The molecule has 0 radical (unpaired) electrons. The molecule has 7 heteroatoms. The van der Waals surface area contributed by atoms with E-state index in [0.29, 0.717) is 27.9 Å². The van der Waals surface area contributed by atoms with Crippen molar-refractivity contribution >= 4 is 34.1 Å². The quantitative estimate of drug-likeness (QED) is 0.477. The number of aromatic nitrogens is 5. The lowest BCUT2D eigenvalue weighted by atomic mass is 10.1. The van der Waals surface area contributed by atoms with Crippen molar-refractivity contribution in [2.75, 3.05) is 5.73 Å². The zero-order valence-corrected chi connectivity index (χ0v) is 15.2. The minimum Gasteiger partial charge on any atom is -0.383 e. The van der Waals surface area contributed by atoms with Gasteiger partial charge in [-0.3, -0.25) is 0 Å². The van der Waals surface area contributed by atoms with E-state index in [-0.39, 0.29) is 0 Å². The Balaban J connectivity index is 1.71. The maximum absolute atomic E-state index is 6.44. The number of halogens is 1. The average molecular weight is 375 g/mol. The third-order valence-electron chi connectivity index (χ3n) is 4.63. The van der Waals surface area contributed by atoms with Crippen molar-refractivity contribution < 1.29 is 0 Å². The fourth-order valence-corrected chi connectivity index (χ4v) is 3.45. The number of nitrogens with zero attached hydrogens (tertiary/aromatic N) is 4. The van der Waals surface area contributed by atoms with Crippen molar-refractivity contribution in [1.29, 1.82) is 0 Å². The lowest BCUT2D eigenvalue weighted by Crippen LogP contribution is -2.03. The molecule has 0 saturated carbocycles. The summed E-state index contributed by atoms with van der Waals surface area (Å²) in [5.41, 5.74) is 12.5. The Morgan fingerprint density at radius 1 is 1.07 bits per heavy atom. The van der Waals surface area contributed by atoms with Crippen LogP contribution in [0.1, 0.15) is 5.69 Å². The molecule has 0 aliphatic heterocycles. The van der Waals surface area contributed by atoms with Crippen LogP contribution in [0.4, 0.5) is 5.82 Å². The molecule has 2 aromatic carbocycles. The number of aromatic amines is 1. The second kappa shape index (κ2) is 5.82. The molecular formula is C20H15ClN6. The number of hydrogen-bond acceptors (Lipinski definition) is 4. The molecule has 0 spiro atoms. The van der Waals surface area contributed by atoms with Crippen molar-refractivity contribution in [3.05, 3.63) is 65.4 Å². The summed E-state index contributed by atoms with van der Waals surface area (Å²) in [5, 5.41) is 5.29. The summed E-state index contributed by atoms with van der Waals surface area (Å²) < 4.78 is 1.67. The standard InChI is InChI=1S/C20H15ClN6/c1-11-17(12-6-8-13(21)9-7-12)20-23-10-14(18(22)27(20)26-11)19-24-15-4-2-3-5-16(15)25-19/h2-10H,22H2,1H3,(H,24,25). The molecule has 132 valence electrons. The van der Waals surface area contributed by atoms with E-state index in [9.17, 15) is 0 Å². The molecule has 0 amide bonds. The Labute approximate surface area is 159 Å².